The molecule has 2 heterocycles. The molecule has 0 bridgehead atoms. The van der Waals surface area contributed by atoms with Crippen LogP contribution in [0.25, 0.3) is 5.70 Å². The number of benzene rings is 2. The Labute approximate surface area is 168 Å². The van der Waals surface area contributed by atoms with E-state index in [9.17, 15) is 0 Å². The fraction of sp³-hybridized carbons (Fsp3) is 0.286. The maximum Gasteiger partial charge on any atom is 0.0814 e. The molecule has 138 valence electrons. The Morgan fingerprint density at radius 3 is 2.78 bits per heavy atom. The molecule has 0 radical (unpaired) electrons. The highest BCUT2D eigenvalue weighted by Crippen LogP contribution is 2.40. The molecule has 3 N–H and O–H groups in total. The molecular formula is C21H22BrN5. The Balaban J connectivity index is 1.73. The second-order valence-electron chi connectivity index (χ2n) is 7.18. The summed E-state index contributed by atoms with van der Waals surface area (Å²) in [6.45, 7) is 5.25. The number of nitriles is 1. The zero-order chi connectivity index (χ0) is 19.0. The Kier molecular flexibility index (Phi) is 4.81. The SMILES string of the molecule is CC1=C2c3ccc(Br)cc3C(Nc3ccc(CC#N)cc3)[C@H](C)CN2NN1. The van der Waals surface area contributed by atoms with Gasteiger partial charge in [-0.2, -0.15) is 5.26 Å². The summed E-state index contributed by atoms with van der Waals surface area (Å²) in [7, 11) is 0. The molecule has 1 unspecified atom stereocenters. The predicted octanol–water partition coefficient (Wildman–Crippen LogP) is 4.33. The Morgan fingerprint density at radius 2 is 2.04 bits per heavy atom. The predicted molar refractivity (Wildman–Crippen MR) is 111 cm³/mol. The van der Waals surface area contributed by atoms with Crippen LogP contribution in [0.15, 0.2) is 52.6 Å². The summed E-state index contributed by atoms with van der Waals surface area (Å²) in [5, 5.41) is 14.8. The summed E-state index contributed by atoms with van der Waals surface area (Å²) >= 11 is 3.64. The van der Waals surface area contributed by atoms with E-state index in [1.165, 1.54) is 16.8 Å². The minimum Gasteiger partial charge on any atom is -0.378 e. The van der Waals surface area contributed by atoms with Crippen molar-refractivity contribution in [2.24, 2.45) is 5.92 Å². The van der Waals surface area contributed by atoms with E-state index in [0.717, 1.165) is 28.0 Å². The topological polar surface area (TPSA) is 63.1 Å². The average Bonchev–Trinajstić information content (AvgIpc) is 2.96. The highest BCUT2D eigenvalue weighted by Gasteiger charge is 2.34. The van der Waals surface area contributed by atoms with Crippen molar-refractivity contribution in [1.82, 2.24) is 16.0 Å². The maximum absolute atomic E-state index is 8.86. The van der Waals surface area contributed by atoms with E-state index in [1.54, 1.807) is 0 Å². The number of anilines is 1. The van der Waals surface area contributed by atoms with Gasteiger partial charge in [-0.1, -0.05) is 41.1 Å². The first-order valence-electron chi connectivity index (χ1n) is 9.09. The molecular weight excluding hydrogens is 402 g/mol. The number of rotatable bonds is 3. The van der Waals surface area contributed by atoms with Crippen LogP contribution in [-0.2, 0) is 6.42 Å². The number of halogens is 1. The zero-order valence-corrected chi connectivity index (χ0v) is 17.0. The summed E-state index contributed by atoms with van der Waals surface area (Å²) < 4.78 is 1.08. The third-order valence-corrected chi connectivity index (χ3v) is 5.70. The van der Waals surface area contributed by atoms with Crippen molar-refractivity contribution < 1.29 is 0 Å². The summed E-state index contributed by atoms with van der Waals surface area (Å²) in [4.78, 5) is 0. The monoisotopic (exact) mass is 423 g/mol. The lowest BCUT2D eigenvalue weighted by molar-refractivity contribution is 0.243. The smallest absolute Gasteiger partial charge is 0.0814 e. The number of nitrogens with one attached hydrogen (secondary N) is 3. The molecule has 4 rings (SSSR count). The molecule has 0 saturated carbocycles. The lowest BCUT2D eigenvalue weighted by Crippen LogP contribution is -2.40. The average molecular weight is 424 g/mol. The van der Waals surface area contributed by atoms with Gasteiger partial charge in [-0.05, 0) is 48.2 Å². The molecule has 2 aliphatic heterocycles. The quantitative estimate of drug-likeness (QED) is 0.685. The van der Waals surface area contributed by atoms with Crippen molar-refractivity contribution >= 4 is 27.3 Å². The van der Waals surface area contributed by atoms with Crippen LogP contribution in [0, 0.1) is 17.2 Å². The molecule has 2 aromatic rings. The van der Waals surface area contributed by atoms with Crippen LogP contribution in [0.2, 0.25) is 0 Å². The van der Waals surface area contributed by atoms with Crippen LogP contribution < -0.4 is 16.3 Å². The molecule has 5 nitrogen and oxygen atoms in total. The van der Waals surface area contributed by atoms with Crippen LogP contribution in [0.5, 0.6) is 0 Å². The third-order valence-electron chi connectivity index (χ3n) is 5.21. The largest absolute Gasteiger partial charge is 0.378 e. The lowest BCUT2D eigenvalue weighted by atomic mass is 9.91. The highest BCUT2D eigenvalue weighted by molar-refractivity contribution is 9.10. The van der Waals surface area contributed by atoms with Gasteiger partial charge >= 0.3 is 0 Å². The second kappa shape index (κ2) is 7.26. The number of nitrogens with zero attached hydrogens (tertiary/aromatic N) is 2. The molecule has 6 heteroatoms. The van der Waals surface area contributed by atoms with Crippen molar-refractivity contribution in [2.75, 3.05) is 11.9 Å². The van der Waals surface area contributed by atoms with Crippen LogP contribution in [-0.4, -0.2) is 11.6 Å². The summed E-state index contributed by atoms with van der Waals surface area (Å²) in [5.41, 5.74) is 13.5. The molecule has 0 fully saturated rings. The molecule has 2 aliphatic rings. The minimum absolute atomic E-state index is 0.173. The van der Waals surface area contributed by atoms with Crippen molar-refractivity contribution in [3.63, 3.8) is 0 Å². The van der Waals surface area contributed by atoms with Gasteiger partial charge in [0.1, 0.15) is 0 Å². The van der Waals surface area contributed by atoms with Crippen molar-refractivity contribution in [3.05, 3.63) is 69.3 Å². The van der Waals surface area contributed by atoms with Crippen molar-refractivity contribution in [1.29, 1.82) is 5.26 Å². The van der Waals surface area contributed by atoms with E-state index >= 15 is 0 Å². The molecule has 0 aliphatic carbocycles. The van der Waals surface area contributed by atoms with Crippen LogP contribution >= 0.6 is 15.9 Å². The van der Waals surface area contributed by atoms with Gasteiger partial charge in [-0.25, -0.2) is 0 Å². The first kappa shape index (κ1) is 17.9. The summed E-state index contributed by atoms with van der Waals surface area (Å²) in [6, 6.07) is 17.0. The Bertz CT molecular complexity index is 929. The molecule has 0 spiro atoms. The number of hydrazine groups is 2. The first-order valence-corrected chi connectivity index (χ1v) is 9.88. The normalized spacial score (nSPS) is 21.0. The zero-order valence-electron chi connectivity index (χ0n) is 15.4. The second-order valence-corrected chi connectivity index (χ2v) is 8.10. The molecule has 0 amide bonds. The number of allylic oxidation sites excluding steroid dienone is 1. The van der Waals surface area contributed by atoms with E-state index in [-0.39, 0.29) is 6.04 Å². The van der Waals surface area contributed by atoms with Gasteiger partial charge in [-0.15, -0.1) is 5.53 Å². The van der Waals surface area contributed by atoms with E-state index in [4.69, 9.17) is 5.26 Å². The highest BCUT2D eigenvalue weighted by atomic mass is 79.9. The Hall–Kier alpha value is -2.49. The van der Waals surface area contributed by atoms with Gasteiger partial charge < -0.3 is 10.7 Å². The summed E-state index contributed by atoms with van der Waals surface area (Å²) in [6.07, 6.45) is 0.441. The molecule has 27 heavy (non-hydrogen) atoms. The summed E-state index contributed by atoms with van der Waals surface area (Å²) in [5.74, 6) is 0.370. The van der Waals surface area contributed by atoms with Gasteiger partial charge in [0, 0.05) is 22.3 Å². The molecule has 0 saturated heterocycles. The molecule has 2 atom stereocenters. The Morgan fingerprint density at radius 1 is 1.26 bits per heavy atom. The third kappa shape index (κ3) is 3.41. The van der Waals surface area contributed by atoms with E-state index < -0.39 is 0 Å². The van der Waals surface area contributed by atoms with Crippen LogP contribution in [0.3, 0.4) is 0 Å². The van der Waals surface area contributed by atoms with Gasteiger partial charge in [0.15, 0.2) is 0 Å². The van der Waals surface area contributed by atoms with Crippen molar-refractivity contribution in [3.8, 4) is 6.07 Å². The first-order chi connectivity index (χ1) is 13.1. The fourth-order valence-electron chi connectivity index (χ4n) is 3.87. The number of hydrogen-bond acceptors (Lipinski definition) is 5. The maximum atomic E-state index is 8.86. The van der Waals surface area contributed by atoms with Crippen LogP contribution in [0.1, 0.15) is 36.6 Å². The van der Waals surface area contributed by atoms with Crippen LogP contribution in [0.4, 0.5) is 5.69 Å². The van der Waals surface area contributed by atoms with Gasteiger partial charge in [-0.3, -0.25) is 5.01 Å². The molecule has 2 aromatic carbocycles. The van der Waals surface area contributed by atoms with Gasteiger partial charge in [0.05, 0.1) is 29.9 Å². The van der Waals surface area contributed by atoms with Crippen molar-refractivity contribution in [2.45, 2.75) is 26.3 Å². The van der Waals surface area contributed by atoms with Gasteiger partial charge in [0.2, 0.25) is 0 Å². The standard InChI is InChI=1S/C21H22BrN5/c1-13-12-27-21(14(2)25-26-27)18-8-5-16(22)11-19(18)20(13)24-17-6-3-15(4-7-17)9-10-23/h3-8,11,13,20,24-26H,9,12H2,1-2H3/t13-,20?/m1/s1. The fourth-order valence-corrected chi connectivity index (χ4v) is 4.25. The van der Waals surface area contributed by atoms with E-state index in [0.29, 0.717) is 12.3 Å². The number of fused-ring (bicyclic) bond motifs is 3. The minimum atomic E-state index is 0.173. The van der Waals surface area contributed by atoms with E-state index in [2.05, 4.69) is 87.5 Å². The van der Waals surface area contributed by atoms with E-state index in [1.807, 2.05) is 12.1 Å². The lowest BCUT2D eigenvalue weighted by Gasteiger charge is -2.27. The number of hydrogen-bond donors (Lipinski definition) is 3. The molecule has 0 aromatic heterocycles. The van der Waals surface area contributed by atoms with Gasteiger partial charge in [0.25, 0.3) is 0 Å².